The second-order valence-corrected chi connectivity index (χ2v) is 5.75. The van der Waals surface area contributed by atoms with Gasteiger partial charge < -0.3 is 20.7 Å². The van der Waals surface area contributed by atoms with E-state index >= 15 is 0 Å². The Balaban J connectivity index is 2.01. The highest BCUT2D eigenvalue weighted by Crippen LogP contribution is 2.20. The lowest BCUT2D eigenvalue weighted by atomic mass is 9.97. The van der Waals surface area contributed by atoms with Crippen LogP contribution in [0.5, 0.6) is 0 Å². The molecule has 1 aliphatic heterocycles. The first kappa shape index (κ1) is 17.2. The van der Waals surface area contributed by atoms with Gasteiger partial charge in [0, 0.05) is 19.0 Å². The summed E-state index contributed by atoms with van der Waals surface area (Å²) in [5, 5.41) is 3.64. The zero-order chi connectivity index (χ0) is 16.8. The Morgan fingerprint density at radius 3 is 2.61 bits per heavy atom. The van der Waals surface area contributed by atoms with Gasteiger partial charge in [0.1, 0.15) is 0 Å². The lowest BCUT2D eigenvalue weighted by molar-refractivity contribution is -0.122. The number of carbonyl (C=O) groups is 2. The average molecular weight is 335 g/mol. The van der Waals surface area contributed by atoms with Crippen molar-refractivity contribution in [1.29, 1.82) is 0 Å². The van der Waals surface area contributed by atoms with E-state index in [4.69, 9.17) is 22.7 Å². The molecule has 1 aromatic rings. The number of piperidine rings is 1. The molecule has 1 amide bonds. The minimum absolute atomic E-state index is 0.0825. The molecule has 0 aliphatic carbocycles. The Kier molecular flexibility index (Phi) is 5.92. The average Bonchev–Trinajstić information content (AvgIpc) is 2.55. The largest absolute Gasteiger partial charge is 0.462 e. The van der Waals surface area contributed by atoms with Crippen molar-refractivity contribution in [2.45, 2.75) is 19.8 Å². The number of carbonyl (C=O) groups excluding carboxylic acids is 2. The molecule has 3 N–H and O–H groups in total. The predicted octanol–water partition coefficient (Wildman–Crippen LogP) is 1.76. The normalized spacial score (nSPS) is 15.1. The zero-order valence-electron chi connectivity index (χ0n) is 13.1. The number of amides is 1. The van der Waals surface area contributed by atoms with E-state index in [1.54, 1.807) is 25.1 Å². The first-order valence-corrected chi connectivity index (χ1v) is 8.05. The molecule has 0 aromatic heterocycles. The fraction of sp³-hybridized carbons (Fsp3) is 0.438. The third-order valence-electron chi connectivity index (χ3n) is 3.85. The van der Waals surface area contributed by atoms with E-state index in [-0.39, 0.29) is 17.8 Å². The quantitative estimate of drug-likeness (QED) is 0.644. The summed E-state index contributed by atoms with van der Waals surface area (Å²) in [6, 6.07) is 7.09. The van der Waals surface area contributed by atoms with Crippen molar-refractivity contribution < 1.29 is 14.3 Å². The molecule has 1 aromatic carbocycles. The number of rotatable bonds is 4. The highest BCUT2D eigenvalue weighted by molar-refractivity contribution is 7.80. The Morgan fingerprint density at radius 2 is 2.00 bits per heavy atom. The Hall–Kier alpha value is -2.15. The first-order chi connectivity index (χ1) is 11.0. The van der Waals surface area contributed by atoms with Crippen LogP contribution in [-0.2, 0) is 9.53 Å². The Labute approximate surface area is 141 Å². The van der Waals surface area contributed by atoms with E-state index in [1.807, 2.05) is 11.0 Å². The van der Waals surface area contributed by atoms with Crippen LogP contribution in [0.3, 0.4) is 0 Å². The number of para-hydroxylation sites is 1. The number of primary amides is 1. The van der Waals surface area contributed by atoms with Crippen LogP contribution in [0.15, 0.2) is 24.3 Å². The molecule has 1 saturated heterocycles. The molecule has 7 heteroatoms. The summed E-state index contributed by atoms with van der Waals surface area (Å²) < 4.78 is 5.05. The number of nitrogens with two attached hydrogens (primary N) is 1. The number of likely N-dealkylation sites (tertiary alicyclic amines) is 1. The number of nitrogens with one attached hydrogen (secondary N) is 1. The topological polar surface area (TPSA) is 84.7 Å². The van der Waals surface area contributed by atoms with Gasteiger partial charge in [0.25, 0.3) is 0 Å². The van der Waals surface area contributed by atoms with Crippen molar-refractivity contribution in [1.82, 2.24) is 4.90 Å². The minimum Gasteiger partial charge on any atom is -0.462 e. The molecule has 0 spiro atoms. The molecule has 1 fully saturated rings. The number of esters is 1. The molecule has 0 radical (unpaired) electrons. The van der Waals surface area contributed by atoms with Crippen molar-refractivity contribution in [2.24, 2.45) is 11.7 Å². The maximum atomic E-state index is 12.0. The van der Waals surface area contributed by atoms with E-state index in [2.05, 4.69) is 5.32 Å². The number of hydrogen-bond acceptors (Lipinski definition) is 4. The molecule has 6 nitrogen and oxygen atoms in total. The fourth-order valence-corrected chi connectivity index (χ4v) is 2.83. The number of nitrogens with zero attached hydrogens (tertiary/aromatic N) is 1. The van der Waals surface area contributed by atoms with Crippen LogP contribution in [0.1, 0.15) is 30.1 Å². The van der Waals surface area contributed by atoms with Gasteiger partial charge in [0.15, 0.2) is 5.11 Å². The molecular weight excluding hydrogens is 314 g/mol. The molecule has 124 valence electrons. The SMILES string of the molecule is CCOC(=O)c1ccccc1NC(=S)N1CCC(C(N)=O)CC1. The van der Waals surface area contributed by atoms with Crippen LogP contribution in [0.2, 0.25) is 0 Å². The molecule has 1 aliphatic rings. The zero-order valence-corrected chi connectivity index (χ0v) is 13.9. The number of hydrogen-bond donors (Lipinski definition) is 2. The summed E-state index contributed by atoms with van der Waals surface area (Å²) >= 11 is 5.42. The van der Waals surface area contributed by atoms with Crippen LogP contribution in [0.4, 0.5) is 5.69 Å². The van der Waals surface area contributed by atoms with Crippen LogP contribution in [0, 0.1) is 5.92 Å². The highest BCUT2D eigenvalue weighted by Gasteiger charge is 2.25. The van der Waals surface area contributed by atoms with Gasteiger partial charge >= 0.3 is 5.97 Å². The van der Waals surface area contributed by atoms with E-state index in [0.29, 0.717) is 48.9 Å². The third kappa shape index (κ3) is 4.41. The summed E-state index contributed by atoms with van der Waals surface area (Å²) in [5.74, 6) is -0.720. The van der Waals surface area contributed by atoms with Crippen molar-refractivity contribution >= 4 is 34.9 Å². The van der Waals surface area contributed by atoms with Gasteiger partial charge in [-0.25, -0.2) is 4.79 Å². The van der Waals surface area contributed by atoms with E-state index in [1.165, 1.54) is 0 Å². The summed E-state index contributed by atoms with van der Waals surface area (Å²) in [6.07, 6.45) is 1.38. The molecule has 2 rings (SSSR count). The number of thiocarbonyl (C=S) groups is 1. The second kappa shape index (κ2) is 7.92. The maximum Gasteiger partial charge on any atom is 0.340 e. The molecule has 23 heavy (non-hydrogen) atoms. The molecule has 1 heterocycles. The summed E-state index contributed by atoms with van der Waals surface area (Å²) in [4.78, 5) is 25.2. The molecule has 0 unspecified atom stereocenters. The van der Waals surface area contributed by atoms with Gasteiger partial charge in [-0.05, 0) is 44.1 Å². The molecule has 0 atom stereocenters. The highest BCUT2D eigenvalue weighted by atomic mass is 32.1. The number of anilines is 1. The van der Waals surface area contributed by atoms with E-state index in [9.17, 15) is 9.59 Å². The van der Waals surface area contributed by atoms with Gasteiger partial charge in [-0.15, -0.1) is 0 Å². The fourth-order valence-electron chi connectivity index (χ4n) is 2.54. The molecule has 0 saturated carbocycles. The summed E-state index contributed by atoms with van der Waals surface area (Å²) in [7, 11) is 0. The third-order valence-corrected chi connectivity index (χ3v) is 4.21. The monoisotopic (exact) mass is 335 g/mol. The van der Waals surface area contributed by atoms with Crippen molar-refractivity contribution in [3.05, 3.63) is 29.8 Å². The van der Waals surface area contributed by atoms with Gasteiger partial charge in [-0.3, -0.25) is 4.79 Å². The van der Waals surface area contributed by atoms with Crippen molar-refractivity contribution in [2.75, 3.05) is 25.0 Å². The number of ether oxygens (including phenoxy) is 1. The lowest BCUT2D eigenvalue weighted by Crippen LogP contribution is -2.43. The lowest BCUT2D eigenvalue weighted by Gasteiger charge is -2.32. The van der Waals surface area contributed by atoms with Crippen molar-refractivity contribution in [3.8, 4) is 0 Å². The second-order valence-electron chi connectivity index (χ2n) is 5.36. The Bertz CT molecular complexity index is 598. The van der Waals surface area contributed by atoms with Crippen LogP contribution >= 0.6 is 12.2 Å². The van der Waals surface area contributed by atoms with E-state index in [0.717, 1.165) is 0 Å². The van der Waals surface area contributed by atoms with Crippen LogP contribution < -0.4 is 11.1 Å². The van der Waals surface area contributed by atoms with Crippen molar-refractivity contribution in [3.63, 3.8) is 0 Å². The maximum absolute atomic E-state index is 12.0. The van der Waals surface area contributed by atoms with Crippen LogP contribution in [-0.4, -0.2) is 41.6 Å². The van der Waals surface area contributed by atoms with Gasteiger partial charge in [0.2, 0.25) is 5.91 Å². The predicted molar refractivity (Wildman–Crippen MR) is 92.1 cm³/mol. The smallest absolute Gasteiger partial charge is 0.340 e. The van der Waals surface area contributed by atoms with Gasteiger partial charge in [-0.1, -0.05) is 12.1 Å². The standard InChI is InChI=1S/C16H21N3O3S/c1-2-22-15(21)12-5-3-4-6-13(12)18-16(23)19-9-7-11(8-10-19)14(17)20/h3-6,11H,2,7-10H2,1H3,(H2,17,20)(H,18,23). The van der Waals surface area contributed by atoms with Gasteiger partial charge in [-0.2, -0.15) is 0 Å². The summed E-state index contributed by atoms with van der Waals surface area (Å²) in [5.41, 5.74) is 6.40. The molecular formula is C16H21N3O3S. The van der Waals surface area contributed by atoms with Crippen LogP contribution in [0.25, 0.3) is 0 Å². The van der Waals surface area contributed by atoms with E-state index < -0.39 is 0 Å². The van der Waals surface area contributed by atoms with Gasteiger partial charge in [0.05, 0.1) is 17.9 Å². The number of benzene rings is 1. The Morgan fingerprint density at radius 1 is 1.35 bits per heavy atom. The molecule has 0 bridgehead atoms. The summed E-state index contributed by atoms with van der Waals surface area (Å²) in [6.45, 7) is 3.42. The minimum atomic E-state index is -0.383. The first-order valence-electron chi connectivity index (χ1n) is 7.64.